The number of amides is 1. The maximum absolute atomic E-state index is 11.8. The zero-order valence-corrected chi connectivity index (χ0v) is 10.4. The summed E-state index contributed by atoms with van der Waals surface area (Å²) in [5.41, 5.74) is 5.65. The van der Waals surface area contributed by atoms with E-state index in [0.717, 1.165) is 25.7 Å². The number of carbonyl (C=O) groups excluding carboxylic acids is 1. The van der Waals surface area contributed by atoms with Crippen LogP contribution in [0.1, 0.15) is 42.6 Å². The first-order valence-corrected chi connectivity index (χ1v) is 6.35. The SMILES string of the molecule is Nc1cc(C(=O)NCC2(CO)CCCCC2)[nH]n1. The van der Waals surface area contributed by atoms with Crippen molar-refractivity contribution in [1.82, 2.24) is 15.5 Å². The molecule has 6 heteroatoms. The molecule has 2 rings (SSSR count). The van der Waals surface area contributed by atoms with Gasteiger partial charge in [-0.05, 0) is 12.8 Å². The zero-order valence-electron chi connectivity index (χ0n) is 10.4. The van der Waals surface area contributed by atoms with Crippen LogP contribution in [0.4, 0.5) is 5.82 Å². The molecule has 1 aliphatic rings. The molecule has 1 amide bonds. The number of nitrogens with zero attached hydrogens (tertiary/aromatic N) is 1. The van der Waals surface area contributed by atoms with Crippen molar-refractivity contribution in [2.24, 2.45) is 5.41 Å². The van der Waals surface area contributed by atoms with E-state index in [4.69, 9.17) is 5.73 Å². The van der Waals surface area contributed by atoms with Gasteiger partial charge in [-0.3, -0.25) is 9.89 Å². The lowest BCUT2D eigenvalue weighted by Crippen LogP contribution is -2.41. The number of rotatable bonds is 4. The third-order valence-electron chi connectivity index (χ3n) is 3.72. The van der Waals surface area contributed by atoms with Crippen LogP contribution in [0.15, 0.2) is 6.07 Å². The Bertz CT molecular complexity index is 410. The van der Waals surface area contributed by atoms with Crippen molar-refractivity contribution in [2.45, 2.75) is 32.1 Å². The summed E-state index contributed by atoms with van der Waals surface area (Å²) < 4.78 is 0. The van der Waals surface area contributed by atoms with Gasteiger partial charge in [0.15, 0.2) is 0 Å². The van der Waals surface area contributed by atoms with E-state index in [1.165, 1.54) is 12.5 Å². The molecular formula is C12H20N4O2. The van der Waals surface area contributed by atoms with Crippen molar-refractivity contribution in [3.8, 4) is 0 Å². The fourth-order valence-corrected chi connectivity index (χ4v) is 2.51. The van der Waals surface area contributed by atoms with Gasteiger partial charge >= 0.3 is 0 Å². The Morgan fingerprint density at radius 3 is 2.78 bits per heavy atom. The number of aromatic nitrogens is 2. The van der Waals surface area contributed by atoms with E-state index in [2.05, 4.69) is 15.5 Å². The number of H-pyrrole nitrogens is 1. The number of hydrogen-bond donors (Lipinski definition) is 4. The molecule has 18 heavy (non-hydrogen) atoms. The van der Waals surface area contributed by atoms with Gasteiger partial charge < -0.3 is 16.2 Å². The topological polar surface area (TPSA) is 104 Å². The summed E-state index contributed by atoms with van der Waals surface area (Å²) >= 11 is 0. The van der Waals surface area contributed by atoms with Gasteiger partial charge in [-0.2, -0.15) is 5.10 Å². The van der Waals surface area contributed by atoms with E-state index in [0.29, 0.717) is 18.1 Å². The second-order valence-electron chi connectivity index (χ2n) is 5.11. The van der Waals surface area contributed by atoms with E-state index in [9.17, 15) is 9.90 Å². The Morgan fingerprint density at radius 1 is 1.50 bits per heavy atom. The Balaban J connectivity index is 1.91. The van der Waals surface area contributed by atoms with Crippen molar-refractivity contribution < 1.29 is 9.90 Å². The van der Waals surface area contributed by atoms with Crippen LogP contribution in [-0.2, 0) is 0 Å². The largest absolute Gasteiger partial charge is 0.396 e. The number of carbonyl (C=O) groups is 1. The third kappa shape index (κ3) is 2.81. The number of aliphatic hydroxyl groups excluding tert-OH is 1. The van der Waals surface area contributed by atoms with Gasteiger partial charge in [0.1, 0.15) is 11.5 Å². The maximum Gasteiger partial charge on any atom is 0.269 e. The predicted molar refractivity (Wildman–Crippen MR) is 67.9 cm³/mol. The smallest absolute Gasteiger partial charge is 0.269 e. The first-order chi connectivity index (χ1) is 8.65. The summed E-state index contributed by atoms with van der Waals surface area (Å²) in [4.78, 5) is 11.8. The highest BCUT2D eigenvalue weighted by Gasteiger charge is 2.31. The van der Waals surface area contributed by atoms with Crippen LogP contribution >= 0.6 is 0 Å². The molecule has 100 valence electrons. The Hall–Kier alpha value is -1.56. The first kappa shape index (κ1) is 12.9. The molecule has 0 aromatic carbocycles. The highest BCUT2D eigenvalue weighted by atomic mass is 16.3. The number of hydrogen-bond acceptors (Lipinski definition) is 4. The number of nitrogen functional groups attached to an aromatic ring is 1. The fourth-order valence-electron chi connectivity index (χ4n) is 2.51. The summed E-state index contributed by atoms with van der Waals surface area (Å²) in [6, 6.07) is 1.50. The van der Waals surface area contributed by atoms with E-state index in [-0.39, 0.29) is 17.9 Å². The van der Waals surface area contributed by atoms with Gasteiger partial charge in [-0.25, -0.2) is 0 Å². The number of aromatic amines is 1. The van der Waals surface area contributed by atoms with Gasteiger partial charge in [-0.15, -0.1) is 0 Å². The van der Waals surface area contributed by atoms with E-state index < -0.39 is 0 Å². The van der Waals surface area contributed by atoms with Crippen molar-refractivity contribution in [2.75, 3.05) is 18.9 Å². The van der Waals surface area contributed by atoms with Crippen LogP contribution in [0.5, 0.6) is 0 Å². The summed E-state index contributed by atoms with van der Waals surface area (Å²) in [5.74, 6) is 0.0762. The summed E-state index contributed by atoms with van der Waals surface area (Å²) in [6.45, 7) is 0.625. The quantitative estimate of drug-likeness (QED) is 0.632. The molecule has 0 atom stereocenters. The molecule has 1 aromatic heterocycles. The number of aliphatic hydroxyl groups is 1. The fraction of sp³-hybridized carbons (Fsp3) is 0.667. The van der Waals surface area contributed by atoms with Crippen LogP contribution in [0.25, 0.3) is 0 Å². The molecule has 1 saturated carbocycles. The lowest BCUT2D eigenvalue weighted by Gasteiger charge is -2.35. The Kier molecular flexibility index (Phi) is 3.86. The van der Waals surface area contributed by atoms with Crippen LogP contribution in [0.2, 0.25) is 0 Å². The van der Waals surface area contributed by atoms with Gasteiger partial charge in [0.25, 0.3) is 5.91 Å². The minimum atomic E-state index is -0.224. The van der Waals surface area contributed by atoms with Gasteiger partial charge in [0.2, 0.25) is 0 Å². The van der Waals surface area contributed by atoms with Crippen molar-refractivity contribution >= 4 is 11.7 Å². The maximum atomic E-state index is 11.8. The van der Waals surface area contributed by atoms with Crippen molar-refractivity contribution in [3.05, 3.63) is 11.8 Å². The average molecular weight is 252 g/mol. The summed E-state index contributed by atoms with van der Waals surface area (Å²) in [6.07, 6.45) is 5.39. The minimum Gasteiger partial charge on any atom is -0.396 e. The molecule has 5 N–H and O–H groups in total. The molecule has 0 unspecified atom stereocenters. The number of nitrogens with one attached hydrogen (secondary N) is 2. The van der Waals surface area contributed by atoms with Crippen molar-refractivity contribution in [1.29, 1.82) is 0 Å². The van der Waals surface area contributed by atoms with Gasteiger partial charge in [0.05, 0.1) is 6.61 Å². The molecule has 1 aliphatic carbocycles. The van der Waals surface area contributed by atoms with Crippen LogP contribution in [0, 0.1) is 5.41 Å². The second kappa shape index (κ2) is 5.39. The number of nitrogens with two attached hydrogens (primary N) is 1. The molecule has 0 radical (unpaired) electrons. The van der Waals surface area contributed by atoms with Crippen molar-refractivity contribution in [3.63, 3.8) is 0 Å². The second-order valence-corrected chi connectivity index (χ2v) is 5.11. The van der Waals surface area contributed by atoms with E-state index >= 15 is 0 Å². The summed E-state index contributed by atoms with van der Waals surface area (Å²) in [7, 11) is 0. The molecule has 0 saturated heterocycles. The minimum absolute atomic E-state index is 0.123. The summed E-state index contributed by atoms with van der Waals surface area (Å²) in [5, 5.41) is 18.7. The highest BCUT2D eigenvalue weighted by Crippen LogP contribution is 2.35. The standard InChI is InChI=1S/C12H20N4O2/c13-10-6-9(15-16-10)11(18)14-7-12(8-17)4-2-1-3-5-12/h6,17H,1-5,7-8H2,(H,14,18)(H3,13,15,16). The lowest BCUT2D eigenvalue weighted by atomic mass is 9.74. The molecule has 0 bridgehead atoms. The molecule has 0 spiro atoms. The Morgan fingerprint density at radius 2 is 2.22 bits per heavy atom. The molecule has 1 aromatic rings. The molecule has 6 nitrogen and oxygen atoms in total. The zero-order chi connectivity index (χ0) is 13.0. The number of anilines is 1. The molecular weight excluding hydrogens is 232 g/mol. The van der Waals surface area contributed by atoms with E-state index in [1.807, 2.05) is 0 Å². The average Bonchev–Trinajstić information content (AvgIpc) is 2.84. The normalized spacial score (nSPS) is 18.5. The molecule has 1 heterocycles. The van der Waals surface area contributed by atoms with Crippen LogP contribution < -0.4 is 11.1 Å². The van der Waals surface area contributed by atoms with Gasteiger partial charge in [-0.1, -0.05) is 19.3 Å². The Labute approximate surface area is 106 Å². The molecule has 1 fully saturated rings. The van der Waals surface area contributed by atoms with Gasteiger partial charge in [0, 0.05) is 18.0 Å². The lowest BCUT2D eigenvalue weighted by molar-refractivity contribution is 0.0715. The van der Waals surface area contributed by atoms with Crippen LogP contribution in [0.3, 0.4) is 0 Å². The first-order valence-electron chi connectivity index (χ1n) is 6.35. The highest BCUT2D eigenvalue weighted by molar-refractivity contribution is 5.92. The third-order valence-corrected chi connectivity index (χ3v) is 3.72. The van der Waals surface area contributed by atoms with Crippen LogP contribution in [-0.4, -0.2) is 34.4 Å². The monoisotopic (exact) mass is 252 g/mol. The predicted octanol–water partition coefficient (Wildman–Crippen LogP) is 0.664. The van der Waals surface area contributed by atoms with E-state index in [1.54, 1.807) is 0 Å². The molecule has 0 aliphatic heterocycles.